The molecule has 0 aromatic carbocycles. The predicted molar refractivity (Wildman–Crippen MR) is 64.2 cm³/mol. The van der Waals surface area contributed by atoms with Crippen molar-refractivity contribution >= 4 is 5.97 Å². The van der Waals surface area contributed by atoms with Crippen LogP contribution >= 0.6 is 0 Å². The van der Waals surface area contributed by atoms with E-state index in [1.54, 1.807) is 0 Å². The summed E-state index contributed by atoms with van der Waals surface area (Å²) in [7, 11) is 6.33. The second-order valence-electron chi connectivity index (χ2n) is 5.96. The highest BCUT2D eigenvalue weighted by molar-refractivity contribution is 5.69. The maximum atomic E-state index is 11.3. The first kappa shape index (κ1) is 19.2. The highest BCUT2D eigenvalue weighted by Gasteiger charge is 2.15. The van der Waals surface area contributed by atoms with Gasteiger partial charge in [0, 0.05) is 0 Å². The van der Waals surface area contributed by atoms with E-state index in [-0.39, 0.29) is 23.0 Å². The third-order valence-electron chi connectivity index (χ3n) is 1.78. The quantitative estimate of drug-likeness (QED) is 0.338. The smallest absolute Gasteiger partial charge is 0.308 e. The van der Waals surface area contributed by atoms with Crippen molar-refractivity contribution in [3.05, 3.63) is 0 Å². The van der Waals surface area contributed by atoms with Gasteiger partial charge in [0.1, 0.15) is 12.1 Å². The van der Waals surface area contributed by atoms with Crippen molar-refractivity contribution in [1.29, 1.82) is 0 Å². The summed E-state index contributed by atoms with van der Waals surface area (Å²) < 4.78 is 11.4. The number of quaternary nitrogens is 1. The zero-order valence-electron chi connectivity index (χ0n) is 11.9. The van der Waals surface area contributed by atoms with Crippen molar-refractivity contribution in [3.63, 3.8) is 0 Å². The molecule has 4 nitrogen and oxygen atoms in total. The minimum absolute atomic E-state index is 0. The van der Waals surface area contributed by atoms with Crippen molar-refractivity contribution < 1.29 is 35.7 Å². The molecule has 0 saturated heterocycles. The Bertz CT molecular complexity index is 219. The van der Waals surface area contributed by atoms with Gasteiger partial charge in [-0.15, -0.1) is 0 Å². The molecule has 0 spiro atoms. The molecule has 0 aliphatic rings. The van der Waals surface area contributed by atoms with Crippen LogP contribution in [0, 0.1) is 0 Å². The molecule has 0 unspecified atom stereocenters. The zero-order valence-corrected chi connectivity index (χ0v) is 13.5. The monoisotopic (exact) mass is 311 g/mol. The van der Waals surface area contributed by atoms with Crippen molar-refractivity contribution in [1.82, 2.24) is 0 Å². The van der Waals surface area contributed by atoms with Gasteiger partial charge in [0.2, 0.25) is 0 Å². The molecule has 0 radical (unpaired) electrons. The van der Waals surface area contributed by atoms with Crippen LogP contribution in [0.15, 0.2) is 0 Å². The maximum absolute atomic E-state index is 11.3. The van der Waals surface area contributed by atoms with E-state index in [1.807, 2.05) is 20.8 Å². The molecule has 0 atom stereocenters. The summed E-state index contributed by atoms with van der Waals surface area (Å²) in [6.07, 6.45) is 0.328. The fraction of sp³-hybridized carbons (Fsp3) is 0.917. The molecule has 0 aromatic heterocycles. The van der Waals surface area contributed by atoms with Crippen molar-refractivity contribution in [2.75, 3.05) is 40.9 Å². The van der Waals surface area contributed by atoms with E-state index in [0.717, 1.165) is 11.0 Å². The Morgan fingerprint density at radius 1 is 1.12 bits per heavy atom. The first-order valence-corrected chi connectivity index (χ1v) is 5.70. The van der Waals surface area contributed by atoms with Crippen LogP contribution in [-0.2, 0) is 14.3 Å². The third-order valence-corrected chi connectivity index (χ3v) is 1.78. The van der Waals surface area contributed by atoms with Gasteiger partial charge in [0.15, 0.2) is 0 Å². The van der Waals surface area contributed by atoms with Crippen LogP contribution in [0.3, 0.4) is 0 Å². The molecule has 0 saturated carbocycles. The summed E-state index contributed by atoms with van der Waals surface area (Å²) in [5.74, 6) is -0.197. The molecule has 0 aromatic rings. The summed E-state index contributed by atoms with van der Waals surface area (Å²) in [5.41, 5.74) is -0.403. The van der Waals surface area contributed by atoms with Crippen LogP contribution in [-0.4, -0.2) is 57.0 Å². The van der Waals surface area contributed by atoms with E-state index < -0.39 is 5.60 Å². The Labute approximate surface area is 116 Å². The van der Waals surface area contributed by atoms with E-state index in [0.29, 0.717) is 19.6 Å². The van der Waals surface area contributed by atoms with Crippen molar-refractivity contribution in [3.8, 4) is 0 Å². The molecule has 0 heterocycles. The Morgan fingerprint density at radius 3 is 2.06 bits per heavy atom. The van der Waals surface area contributed by atoms with Gasteiger partial charge < -0.3 is 30.9 Å². The average Bonchev–Trinajstić information content (AvgIpc) is 1.97. The SMILES string of the molecule is CC(C)(C)OC(=O)CCOCC[N+](C)(C)C.[Br-]. The molecule has 17 heavy (non-hydrogen) atoms. The summed E-state index contributed by atoms with van der Waals surface area (Å²) in [6, 6.07) is 0. The number of rotatable bonds is 6. The van der Waals surface area contributed by atoms with Crippen LogP contribution in [0.4, 0.5) is 0 Å². The van der Waals surface area contributed by atoms with Crippen molar-refractivity contribution in [2.24, 2.45) is 0 Å². The average molecular weight is 312 g/mol. The lowest BCUT2D eigenvalue weighted by molar-refractivity contribution is -0.870. The normalized spacial score (nSPS) is 11.9. The second kappa shape index (κ2) is 8.06. The fourth-order valence-electron chi connectivity index (χ4n) is 0.989. The van der Waals surface area contributed by atoms with Gasteiger partial charge >= 0.3 is 5.97 Å². The first-order chi connectivity index (χ1) is 7.10. The number of esters is 1. The predicted octanol–water partition coefficient (Wildman–Crippen LogP) is -1.55. The Morgan fingerprint density at radius 2 is 1.65 bits per heavy atom. The van der Waals surface area contributed by atoms with Gasteiger partial charge in [-0.2, -0.15) is 0 Å². The Kier molecular flexibility index (Phi) is 9.11. The van der Waals surface area contributed by atoms with E-state index in [1.165, 1.54) is 0 Å². The van der Waals surface area contributed by atoms with E-state index in [4.69, 9.17) is 9.47 Å². The van der Waals surface area contributed by atoms with Crippen LogP contribution in [0.5, 0.6) is 0 Å². The highest BCUT2D eigenvalue weighted by Crippen LogP contribution is 2.08. The standard InChI is InChI=1S/C12H26NO3.BrH/c1-12(2,3)16-11(14)7-9-15-10-8-13(4,5)6;/h7-10H2,1-6H3;1H/q+1;/p-1. The number of hydrogen-bond acceptors (Lipinski definition) is 3. The number of carbonyl (C=O) groups excluding carboxylic acids is 1. The van der Waals surface area contributed by atoms with Crippen LogP contribution < -0.4 is 17.0 Å². The zero-order chi connectivity index (χ0) is 12.8. The van der Waals surface area contributed by atoms with Gasteiger partial charge in [0.25, 0.3) is 0 Å². The first-order valence-electron chi connectivity index (χ1n) is 5.70. The third kappa shape index (κ3) is 15.9. The number of likely N-dealkylation sites (N-methyl/N-ethyl adjacent to an activating group) is 1. The molecule has 0 bridgehead atoms. The molecule has 0 N–H and O–H groups in total. The number of ether oxygens (including phenoxy) is 2. The molecule has 0 rings (SSSR count). The largest absolute Gasteiger partial charge is 1.00 e. The Balaban J connectivity index is 0. The molecule has 0 aliphatic carbocycles. The van der Waals surface area contributed by atoms with E-state index in [9.17, 15) is 4.79 Å². The van der Waals surface area contributed by atoms with Crippen LogP contribution in [0.2, 0.25) is 0 Å². The van der Waals surface area contributed by atoms with Crippen molar-refractivity contribution in [2.45, 2.75) is 32.8 Å². The minimum Gasteiger partial charge on any atom is -1.00 e. The van der Waals surface area contributed by atoms with Crippen LogP contribution in [0.25, 0.3) is 0 Å². The van der Waals surface area contributed by atoms with Gasteiger partial charge in [-0.05, 0) is 20.8 Å². The summed E-state index contributed by atoms with van der Waals surface area (Å²) in [5, 5.41) is 0. The second-order valence-corrected chi connectivity index (χ2v) is 5.96. The molecule has 0 aliphatic heterocycles. The Hall–Kier alpha value is -0.130. The maximum Gasteiger partial charge on any atom is 0.308 e. The van der Waals surface area contributed by atoms with Crippen LogP contribution in [0.1, 0.15) is 27.2 Å². The van der Waals surface area contributed by atoms with E-state index in [2.05, 4.69) is 21.1 Å². The number of nitrogens with zero attached hydrogens (tertiary/aromatic N) is 1. The molecule has 104 valence electrons. The molecule has 0 amide bonds. The van der Waals surface area contributed by atoms with Gasteiger partial charge in [-0.25, -0.2) is 0 Å². The molecule has 0 fully saturated rings. The minimum atomic E-state index is -0.403. The lowest BCUT2D eigenvalue weighted by atomic mass is 10.2. The fourth-order valence-corrected chi connectivity index (χ4v) is 0.989. The molecular formula is C12H26BrNO3. The lowest BCUT2D eigenvalue weighted by Crippen LogP contribution is -3.00. The topological polar surface area (TPSA) is 35.5 Å². The summed E-state index contributed by atoms with van der Waals surface area (Å²) >= 11 is 0. The number of carbonyl (C=O) groups is 1. The highest BCUT2D eigenvalue weighted by atomic mass is 79.9. The number of halogens is 1. The summed E-state index contributed by atoms with van der Waals surface area (Å²) in [6.45, 7) is 7.64. The number of hydrogen-bond donors (Lipinski definition) is 0. The molecule has 5 heteroatoms. The molecular weight excluding hydrogens is 286 g/mol. The van der Waals surface area contributed by atoms with Gasteiger partial charge in [-0.1, -0.05) is 0 Å². The van der Waals surface area contributed by atoms with Gasteiger partial charge in [0.05, 0.1) is 40.8 Å². The lowest BCUT2D eigenvalue weighted by Gasteiger charge is -2.23. The van der Waals surface area contributed by atoms with E-state index >= 15 is 0 Å². The van der Waals surface area contributed by atoms with Gasteiger partial charge in [-0.3, -0.25) is 4.79 Å². The summed E-state index contributed by atoms with van der Waals surface area (Å²) in [4.78, 5) is 11.3.